The first-order valence-electron chi connectivity index (χ1n) is 7.87. The monoisotopic (exact) mass is 327 g/mol. The predicted molar refractivity (Wildman–Crippen MR) is 87.2 cm³/mol. The Morgan fingerprint density at radius 3 is 2.29 bits per heavy atom. The van der Waals surface area contributed by atoms with Crippen LogP contribution in [0.3, 0.4) is 0 Å². The Bertz CT molecular complexity index is 705. The van der Waals surface area contributed by atoms with Crippen LogP contribution >= 0.6 is 0 Å². The molecule has 0 aliphatic carbocycles. The van der Waals surface area contributed by atoms with Crippen LogP contribution in [0.2, 0.25) is 0 Å². The molecule has 2 unspecified atom stereocenters. The minimum atomic E-state index is -1.77. The molecule has 1 aliphatic rings. The molecule has 0 radical (unpaired) electrons. The molecule has 1 aliphatic heterocycles. The highest BCUT2D eigenvalue weighted by atomic mass is 19.1. The third kappa shape index (κ3) is 3.62. The van der Waals surface area contributed by atoms with Gasteiger partial charge in [-0.25, -0.2) is 14.1 Å². The van der Waals surface area contributed by atoms with Gasteiger partial charge in [-0.1, -0.05) is 60.7 Å². The number of alkyl halides is 1. The molecule has 0 bridgehead atoms. The average Bonchev–Trinajstić information content (AvgIpc) is 2.96. The van der Waals surface area contributed by atoms with E-state index in [9.17, 15) is 14.0 Å². The van der Waals surface area contributed by atoms with E-state index >= 15 is 0 Å². The Morgan fingerprint density at radius 1 is 1.08 bits per heavy atom. The summed E-state index contributed by atoms with van der Waals surface area (Å²) in [4.78, 5) is 25.2. The lowest BCUT2D eigenvalue weighted by Gasteiger charge is -2.21. The Balaban J connectivity index is 1.70. The molecule has 4 nitrogen and oxygen atoms in total. The molecule has 3 rings (SSSR count). The van der Waals surface area contributed by atoms with E-state index in [2.05, 4.69) is 0 Å². The third-order valence-electron chi connectivity index (χ3n) is 4.04. The summed E-state index contributed by atoms with van der Waals surface area (Å²) in [6.07, 6.45) is -2.13. The Morgan fingerprint density at radius 2 is 1.67 bits per heavy atom. The molecule has 1 heterocycles. The summed E-state index contributed by atoms with van der Waals surface area (Å²) in [7, 11) is 0. The molecular formula is C19H18FNO3. The van der Waals surface area contributed by atoms with Crippen molar-refractivity contribution in [2.24, 2.45) is 0 Å². The van der Waals surface area contributed by atoms with Crippen molar-refractivity contribution in [3.05, 3.63) is 71.8 Å². The van der Waals surface area contributed by atoms with Gasteiger partial charge in [-0.3, -0.25) is 4.79 Å². The molecule has 124 valence electrons. The van der Waals surface area contributed by atoms with Gasteiger partial charge < -0.3 is 4.74 Å². The Hall–Kier alpha value is -2.69. The molecule has 2 aromatic rings. The normalized spacial score (nSPS) is 18.3. The van der Waals surface area contributed by atoms with E-state index in [0.29, 0.717) is 12.0 Å². The maximum atomic E-state index is 14.4. The van der Waals surface area contributed by atoms with Crippen molar-refractivity contribution >= 4 is 12.0 Å². The molecule has 0 N–H and O–H groups in total. The molecule has 0 aromatic heterocycles. The van der Waals surface area contributed by atoms with Gasteiger partial charge in [-0.2, -0.15) is 0 Å². The molecule has 5 heteroatoms. The first kappa shape index (κ1) is 16.2. The van der Waals surface area contributed by atoms with Crippen molar-refractivity contribution in [3.63, 3.8) is 0 Å². The maximum Gasteiger partial charge on any atom is 0.417 e. The first-order chi connectivity index (χ1) is 11.6. The number of carbonyl (C=O) groups excluding carboxylic acids is 2. The van der Waals surface area contributed by atoms with Gasteiger partial charge in [0.2, 0.25) is 0 Å². The molecule has 0 spiro atoms. The minimum Gasteiger partial charge on any atom is -0.447 e. The number of hydrogen-bond acceptors (Lipinski definition) is 3. The standard InChI is InChI=1S/C19H18FNO3/c20-17(12-15-9-5-2-6-10-15)18(22)21-16(13-24-19(21)23)11-14-7-3-1-4-8-14/h1-10,16-17H,11-13H2. The fourth-order valence-electron chi connectivity index (χ4n) is 2.83. The lowest BCUT2D eigenvalue weighted by molar-refractivity contribution is -0.134. The Kier molecular flexibility index (Phi) is 4.89. The van der Waals surface area contributed by atoms with Crippen molar-refractivity contribution in [2.75, 3.05) is 6.61 Å². The zero-order chi connectivity index (χ0) is 16.9. The third-order valence-corrected chi connectivity index (χ3v) is 4.04. The van der Waals surface area contributed by atoms with Crippen LogP contribution < -0.4 is 0 Å². The number of halogens is 1. The van der Waals surface area contributed by atoms with Crippen LogP contribution in [0.25, 0.3) is 0 Å². The second-order valence-corrected chi connectivity index (χ2v) is 5.79. The van der Waals surface area contributed by atoms with Crippen LogP contribution in [-0.2, 0) is 22.4 Å². The first-order valence-corrected chi connectivity index (χ1v) is 7.87. The SMILES string of the molecule is O=C1OCC(Cc2ccccc2)N1C(=O)C(F)Cc1ccccc1. The fourth-order valence-corrected chi connectivity index (χ4v) is 2.83. The highest BCUT2D eigenvalue weighted by molar-refractivity contribution is 5.96. The van der Waals surface area contributed by atoms with Crippen LogP contribution in [0.5, 0.6) is 0 Å². The topological polar surface area (TPSA) is 46.6 Å². The van der Waals surface area contributed by atoms with Crippen molar-refractivity contribution in [1.82, 2.24) is 4.90 Å². The van der Waals surface area contributed by atoms with Crippen LogP contribution in [0.1, 0.15) is 11.1 Å². The van der Waals surface area contributed by atoms with Crippen LogP contribution in [0.15, 0.2) is 60.7 Å². The van der Waals surface area contributed by atoms with Gasteiger partial charge in [-0.05, 0) is 17.5 Å². The van der Waals surface area contributed by atoms with Gasteiger partial charge in [0.1, 0.15) is 6.61 Å². The van der Waals surface area contributed by atoms with Crippen LogP contribution in [0, 0.1) is 0 Å². The summed E-state index contributed by atoms with van der Waals surface area (Å²) in [6.45, 7) is 0.0948. The van der Waals surface area contributed by atoms with Gasteiger partial charge >= 0.3 is 6.09 Å². The highest BCUT2D eigenvalue weighted by Gasteiger charge is 2.40. The second kappa shape index (κ2) is 7.25. The number of amides is 2. The van der Waals surface area contributed by atoms with Gasteiger partial charge in [0.05, 0.1) is 6.04 Å². The summed E-state index contributed by atoms with van der Waals surface area (Å²) in [5.41, 5.74) is 1.68. The smallest absolute Gasteiger partial charge is 0.417 e. The van der Waals surface area contributed by atoms with E-state index in [1.165, 1.54) is 0 Å². The van der Waals surface area contributed by atoms with Gasteiger partial charge in [-0.15, -0.1) is 0 Å². The molecular weight excluding hydrogens is 309 g/mol. The van der Waals surface area contributed by atoms with E-state index in [0.717, 1.165) is 10.5 Å². The lowest BCUT2D eigenvalue weighted by Crippen LogP contribution is -2.45. The molecule has 2 aromatic carbocycles. The number of benzene rings is 2. The summed E-state index contributed by atoms with van der Waals surface area (Å²) in [5, 5.41) is 0. The number of carbonyl (C=O) groups is 2. The quantitative estimate of drug-likeness (QED) is 0.847. The van der Waals surface area contributed by atoms with Crippen molar-refractivity contribution in [2.45, 2.75) is 25.1 Å². The van der Waals surface area contributed by atoms with Gasteiger partial charge in [0, 0.05) is 6.42 Å². The maximum absolute atomic E-state index is 14.4. The number of hydrogen-bond donors (Lipinski definition) is 0. The number of cyclic esters (lactones) is 1. The molecule has 1 fully saturated rings. The number of imide groups is 1. The Labute approximate surface area is 139 Å². The molecule has 2 amide bonds. The minimum absolute atomic E-state index is 0.0541. The largest absolute Gasteiger partial charge is 0.447 e. The van der Waals surface area contributed by atoms with E-state index < -0.39 is 24.2 Å². The van der Waals surface area contributed by atoms with Crippen LogP contribution in [-0.4, -0.2) is 35.7 Å². The fraction of sp³-hybridized carbons (Fsp3) is 0.263. The molecule has 1 saturated heterocycles. The predicted octanol–water partition coefficient (Wildman–Crippen LogP) is 3.16. The zero-order valence-electron chi connectivity index (χ0n) is 13.1. The molecule has 0 saturated carbocycles. The number of rotatable bonds is 5. The summed E-state index contributed by atoms with van der Waals surface area (Å²) < 4.78 is 19.4. The second-order valence-electron chi connectivity index (χ2n) is 5.79. The van der Waals surface area contributed by atoms with Crippen LogP contribution in [0.4, 0.5) is 9.18 Å². The van der Waals surface area contributed by atoms with E-state index in [4.69, 9.17) is 4.74 Å². The molecule has 2 atom stereocenters. The van der Waals surface area contributed by atoms with E-state index in [1.807, 2.05) is 36.4 Å². The summed E-state index contributed by atoms with van der Waals surface area (Å²) in [6, 6.07) is 17.9. The zero-order valence-corrected chi connectivity index (χ0v) is 13.1. The van der Waals surface area contributed by atoms with Crippen molar-refractivity contribution in [1.29, 1.82) is 0 Å². The lowest BCUT2D eigenvalue weighted by atomic mass is 10.0. The average molecular weight is 327 g/mol. The summed E-state index contributed by atoms with van der Waals surface area (Å²) in [5.74, 6) is -0.831. The van der Waals surface area contributed by atoms with Crippen molar-refractivity contribution < 1.29 is 18.7 Å². The van der Waals surface area contributed by atoms with E-state index in [-0.39, 0.29) is 13.0 Å². The summed E-state index contributed by atoms with van der Waals surface area (Å²) >= 11 is 0. The highest BCUT2D eigenvalue weighted by Crippen LogP contribution is 2.20. The number of ether oxygens (including phenoxy) is 1. The number of nitrogens with zero attached hydrogens (tertiary/aromatic N) is 1. The molecule has 24 heavy (non-hydrogen) atoms. The van der Waals surface area contributed by atoms with Gasteiger partial charge in [0.15, 0.2) is 6.17 Å². The van der Waals surface area contributed by atoms with Gasteiger partial charge in [0.25, 0.3) is 5.91 Å². The van der Waals surface area contributed by atoms with E-state index in [1.54, 1.807) is 24.3 Å². The van der Waals surface area contributed by atoms with Crippen molar-refractivity contribution in [3.8, 4) is 0 Å².